The van der Waals surface area contributed by atoms with E-state index in [1.165, 1.54) is 29.7 Å². The van der Waals surface area contributed by atoms with E-state index in [9.17, 15) is 9.18 Å². The molecule has 1 amide bonds. The van der Waals surface area contributed by atoms with Crippen LogP contribution in [0.2, 0.25) is 0 Å². The Morgan fingerprint density at radius 2 is 2.16 bits per heavy atom. The molecule has 0 radical (unpaired) electrons. The van der Waals surface area contributed by atoms with Gasteiger partial charge in [-0.25, -0.2) is 14.4 Å². The van der Waals surface area contributed by atoms with Gasteiger partial charge >= 0.3 is 0 Å². The predicted octanol–water partition coefficient (Wildman–Crippen LogP) is 3.05. The first-order valence-corrected chi connectivity index (χ1v) is 10.7. The molecule has 2 aromatic heterocycles. The maximum absolute atomic E-state index is 13.5. The number of carbonyl (C=O) groups is 1. The molecule has 3 heterocycles. The van der Waals surface area contributed by atoms with Crippen LogP contribution < -0.4 is 10.6 Å². The molecule has 3 aromatic rings. The second-order valence-corrected chi connectivity index (χ2v) is 8.40. The Kier molecular flexibility index (Phi) is 6.21. The fourth-order valence-electron chi connectivity index (χ4n) is 3.50. The average Bonchev–Trinajstić information content (AvgIpc) is 3.20. The molecule has 0 aliphatic carbocycles. The number of hydrogen-bond donors (Lipinski definition) is 2. The number of amides is 1. The second kappa shape index (κ2) is 9.20. The smallest absolute Gasteiger partial charge is 0.274 e. The molecule has 1 unspecified atom stereocenters. The van der Waals surface area contributed by atoms with Crippen LogP contribution in [0, 0.1) is 24.1 Å². The summed E-state index contributed by atoms with van der Waals surface area (Å²) in [5.74, 6) is 0.195. The number of carbonyl (C=O) groups excluding carboxylic acids is 1. The molecule has 2 N–H and O–H groups in total. The van der Waals surface area contributed by atoms with Gasteiger partial charge in [-0.2, -0.15) is 5.26 Å². The number of pyridine rings is 1. The fraction of sp³-hybridized carbons (Fsp3) is 0.273. The normalized spacial score (nSPS) is 16.0. The molecule has 4 rings (SSSR count). The molecule has 0 bridgehead atoms. The summed E-state index contributed by atoms with van der Waals surface area (Å²) < 4.78 is 13.4. The van der Waals surface area contributed by atoms with Crippen molar-refractivity contribution in [1.82, 2.24) is 20.2 Å². The minimum atomic E-state index is -0.317. The van der Waals surface area contributed by atoms with Gasteiger partial charge in [0, 0.05) is 32.4 Å². The van der Waals surface area contributed by atoms with Crippen molar-refractivity contribution in [1.29, 1.82) is 5.26 Å². The number of halogens is 1. The molecule has 9 heteroatoms. The molecule has 1 aliphatic rings. The van der Waals surface area contributed by atoms with Crippen LogP contribution in [0.25, 0.3) is 10.4 Å². The molecule has 1 aliphatic heterocycles. The van der Waals surface area contributed by atoms with E-state index in [-0.39, 0.29) is 17.8 Å². The molecule has 158 valence electrons. The molecular weight excluding hydrogens is 415 g/mol. The summed E-state index contributed by atoms with van der Waals surface area (Å²) in [6.07, 6.45) is 1.51. The lowest BCUT2D eigenvalue weighted by Gasteiger charge is -2.36. The van der Waals surface area contributed by atoms with Crippen LogP contribution >= 0.6 is 11.3 Å². The molecular formula is C22H21FN6OS. The minimum absolute atomic E-state index is 0.0956. The summed E-state index contributed by atoms with van der Waals surface area (Å²) in [7, 11) is 0. The Bertz CT molecular complexity index is 1110. The van der Waals surface area contributed by atoms with Crippen molar-refractivity contribution in [3.63, 3.8) is 0 Å². The second-order valence-electron chi connectivity index (χ2n) is 7.20. The zero-order valence-electron chi connectivity index (χ0n) is 16.9. The SMILES string of the molecule is Cc1nc(C(=O)N2CCNCC2CNc2ccc(C#N)cn2)c(-c2ccc(F)cc2)s1. The van der Waals surface area contributed by atoms with E-state index in [0.29, 0.717) is 43.3 Å². The molecule has 1 aromatic carbocycles. The number of hydrogen-bond acceptors (Lipinski definition) is 7. The van der Waals surface area contributed by atoms with E-state index in [0.717, 1.165) is 15.4 Å². The fourth-order valence-corrected chi connectivity index (χ4v) is 4.42. The summed E-state index contributed by atoms with van der Waals surface area (Å²) in [6, 6.07) is 11.5. The number of thiazole rings is 1. The van der Waals surface area contributed by atoms with Gasteiger partial charge in [0.15, 0.2) is 0 Å². The van der Waals surface area contributed by atoms with Gasteiger partial charge in [-0.05, 0) is 36.8 Å². The third-order valence-electron chi connectivity index (χ3n) is 5.07. The van der Waals surface area contributed by atoms with Crippen molar-refractivity contribution in [2.75, 3.05) is 31.5 Å². The average molecular weight is 437 g/mol. The molecule has 1 atom stereocenters. The lowest BCUT2D eigenvalue weighted by molar-refractivity contribution is 0.0644. The van der Waals surface area contributed by atoms with Crippen LogP contribution in [0.3, 0.4) is 0 Å². The van der Waals surface area contributed by atoms with Crippen molar-refractivity contribution in [2.45, 2.75) is 13.0 Å². The number of nitrogens with one attached hydrogen (secondary N) is 2. The summed E-state index contributed by atoms with van der Waals surface area (Å²) in [4.78, 5) is 24.8. The molecule has 31 heavy (non-hydrogen) atoms. The van der Waals surface area contributed by atoms with Gasteiger partial charge in [-0.1, -0.05) is 12.1 Å². The summed E-state index contributed by atoms with van der Waals surface area (Å²) in [6.45, 7) is 4.27. The Labute approximate surface area is 183 Å². The number of anilines is 1. The Hall–Kier alpha value is -3.35. The van der Waals surface area contributed by atoms with Gasteiger partial charge in [-0.3, -0.25) is 4.79 Å². The van der Waals surface area contributed by atoms with E-state index in [1.807, 2.05) is 17.9 Å². The van der Waals surface area contributed by atoms with E-state index >= 15 is 0 Å². The Morgan fingerprint density at radius 1 is 1.35 bits per heavy atom. The first-order chi connectivity index (χ1) is 15.0. The predicted molar refractivity (Wildman–Crippen MR) is 117 cm³/mol. The minimum Gasteiger partial charge on any atom is -0.368 e. The van der Waals surface area contributed by atoms with Gasteiger partial charge in [0.2, 0.25) is 0 Å². The molecule has 1 fully saturated rings. The maximum atomic E-state index is 13.5. The lowest BCUT2D eigenvalue weighted by atomic mass is 10.1. The standard InChI is InChI=1S/C22H21FN6OS/c1-14-28-20(21(31-14)16-3-5-17(23)6-4-16)22(30)29-9-8-25-12-18(29)13-27-19-7-2-15(10-24)11-26-19/h2-7,11,18,25H,8-9,12-13H2,1H3,(H,26,27). The first-order valence-electron chi connectivity index (χ1n) is 9.90. The van der Waals surface area contributed by atoms with E-state index in [2.05, 4.69) is 20.6 Å². The van der Waals surface area contributed by atoms with Crippen molar-refractivity contribution < 1.29 is 9.18 Å². The van der Waals surface area contributed by atoms with E-state index in [1.54, 1.807) is 24.3 Å². The molecule has 1 saturated heterocycles. The number of piperazine rings is 1. The topological polar surface area (TPSA) is 93.9 Å². The lowest BCUT2D eigenvalue weighted by Crippen LogP contribution is -2.56. The number of nitrogens with zero attached hydrogens (tertiary/aromatic N) is 4. The summed E-state index contributed by atoms with van der Waals surface area (Å²) in [5.41, 5.74) is 1.67. The van der Waals surface area contributed by atoms with Crippen LogP contribution in [0.1, 0.15) is 21.1 Å². The number of aromatic nitrogens is 2. The molecule has 0 spiro atoms. The number of nitriles is 1. The van der Waals surface area contributed by atoms with Crippen LogP contribution in [0.15, 0.2) is 42.6 Å². The molecule has 7 nitrogen and oxygen atoms in total. The maximum Gasteiger partial charge on any atom is 0.274 e. The van der Waals surface area contributed by atoms with Crippen molar-refractivity contribution in [2.24, 2.45) is 0 Å². The molecule has 0 saturated carbocycles. The van der Waals surface area contributed by atoms with Gasteiger partial charge in [0.25, 0.3) is 5.91 Å². The largest absolute Gasteiger partial charge is 0.368 e. The number of benzene rings is 1. The van der Waals surface area contributed by atoms with Crippen LogP contribution in [0.4, 0.5) is 10.2 Å². The Morgan fingerprint density at radius 3 is 2.87 bits per heavy atom. The van der Waals surface area contributed by atoms with Crippen LogP contribution in [-0.4, -0.2) is 53.0 Å². The van der Waals surface area contributed by atoms with Crippen molar-refractivity contribution >= 4 is 23.1 Å². The summed E-state index contributed by atoms with van der Waals surface area (Å²) in [5, 5.41) is 16.3. The monoisotopic (exact) mass is 436 g/mol. The highest BCUT2D eigenvalue weighted by molar-refractivity contribution is 7.15. The quantitative estimate of drug-likeness (QED) is 0.639. The third-order valence-corrected chi connectivity index (χ3v) is 6.09. The zero-order chi connectivity index (χ0) is 21.8. The third kappa shape index (κ3) is 4.71. The van der Waals surface area contributed by atoms with Gasteiger partial charge in [-0.15, -0.1) is 11.3 Å². The van der Waals surface area contributed by atoms with E-state index < -0.39 is 0 Å². The number of aryl methyl sites for hydroxylation is 1. The summed E-state index contributed by atoms with van der Waals surface area (Å²) >= 11 is 1.43. The van der Waals surface area contributed by atoms with E-state index in [4.69, 9.17) is 5.26 Å². The van der Waals surface area contributed by atoms with Gasteiger partial charge in [0.05, 0.1) is 21.5 Å². The number of rotatable bonds is 5. The van der Waals surface area contributed by atoms with Gasteiger partial charge < -0.3 is 15.5 Å². The zero-order valence-corrected chi connectivity index (χ0v) is 17.7. The van der Waals surface area contributed by atoms with Crippen molar-refractivity contribution in [3.05, 3.63) is 64.7 Å². The highest BCUT2D eigenvalue weighted by Gasteiger charge is 2.30. The Balaban J connectivity index is 1.53. The highest BCUT2D eigenvalue weighted by atomic mass is 32.1. The van der Waals surface area contributed by atoms with Crippen LogP contribution in [-0.2, 0) is 0 Å². The van der Waals surface area contributed by atoms with Crippen molar-refractivity contribution in [3.8, 4) is 16.5 Å². The van der Waals surface area contributed by atoms with Crippen LogP contribution in [0.5, 0.6) is 0 Å². The first kappa shape index (κ1) is 20.9. The van der Waals surface area contributed by atoms with Gasteiger partial charge in [0.1, 0.15) is 23.4 Å². The highest BCUT2D eigenvalue weighted by Crippen LogP contribution is 2.31.